The fourth-order valence-corrected chi connectivity index (χ4v) is 3.41. The lowest BCUT2D eigenvalue weighted by molar-refractivity contribution is -0.384. The summed E-state index contributed by atoms with van der Waals surface area (Å²) in [6.07, 6.45) is 2.47. The molecule has 1 aliphatic heterocycles. The Morgan fingerprint density at radius 3 is 2.66 bits per heavy atom. The van der Waals surface area contributed by atoms with Crippen LogP contribution >= 0.6 is 0 Å². The van der Waals surface area contributed by atoms with Crippen LogP contribution in [0.4, 0.5) is 5.69 Å². The number of amides is 3. The number of rotatable bonds is 6. The highest BCUT2D eigenvalue weighted by molar-refractivity contribution is 6.22. The van der Waals surface area contributed by atoms with Crippen LogP contribution in [0.5, 0.6) is 0 Å². The first kappa shape index (κ1) is 18.4. The largest absolute Gasteiger partial charge is 0.361 e. The number of nitrogens with one attached hydrogen (secondary N) is 2. The highest BCUT2D eigenvalue weighted by atomic mass is 16.6. The van der Waals surface area contributed by atoms with E-state index in [0.717, 1.165) is 33.5 Å². The minimum absolute atomic E-state index is 0.0595. The molecule has 4 rings (SSSR count). The first-order chi connectivity index (χ1) is 14.0. The topological polar surface area (TPSA) is 125 Å². The Kier molecular flexibility index (Phi) is 4.55. The molecule has 1 aromatic heterocycles. The summed E-state index contributed by atoms with van der Waals surface area (Å²) in [4.78, 5) is 51.2. The predicted octanol–water partition coefficient (Wildman–Crippen LogP) is 2.03. The first-order valence-electron chi connectivity index (χ1n) is 8.92. The van der Waals surface area contributed by atoms with E-state index in [4.69, 9.17) is 0 Å². The first-order valence-corrected chi connectivity index (χ1v) is 8.92. The van der Waals surface area contributed by atoms with E-state index in [2.05, 4.69) is 10.3 Å². The van der Waals surface area contributed by atoms with Crippen molar-refractivity contribution in [3.8, 4) is 0 Å². The van der Waals surface area contributed by atoms with Crippen molar-refractivity contribution >= 4 is 34.3 Å². The Morgan fingerprint density at radius 1 is 1.10 bits per heavy atom. The van der Waals surface area contributed by atoms with E-state index in [1.807, 2.05) is 30.5 Å². The Balaban J connectivity index is 1.38. The van der Waals surface area contributed by atoms with Gasteiger partial charge in [-0.25, -0.2) is 0 Å². The number of nitrogens with zero attached hydrogens (tertiary/aromatic N) is 2. The van der Waals surface area contributed by atoms with Crippen molar-refractivity contribution in [1.29, 1.82) is 0 Å². The molecule has 0 unspecified atom stereocenters. The number of non-ortho nitro benzene ring substituents is 1. The van der Waals surface area contributed by atoms with Gasteiger partial charge in [-0.1, -0.05) is 18.2 Å². The number of hydrogen-bond donors (Lipinski definition) is 2. The van der Waals surface area contributed by atoms with Gasteiger partial charge in [0.15, 0.2) is 0 Å². The van der Waals surface area contributed by atoms with E-state index in [1.54, 1.807) is 0 Å². The van der Waals surface area contributed by atoms with E-state index < -0.39 is 29.2 Å². The highest BCUT2D eigenvalue weighted by Crippen LogP contribution is 2.26. The smallest absolute Gasteiger partial charge is 0.270 e. The standard InChI is InChI=1S/C20H16N4O5/c25-18(21-8-7-12-10-22-17-4-2-1-3-14(12)17)11-23-19(26)15-6-5-13(24(28)29)9-16(15)20(23)27/h1-6,9-10,22H,7-8,11H2,(H,21,25). The minimum Gasteiger partial charge on any atom is -0.361 e. The molecule has 146 valence electrons. The van der Waals surface area contributed by atoms with Crippen LogP contribution in [-0.4, -0.2) is 45.6 Å². The van der Waals surface area contributed by atoms with E-state index in [0.29, 0.717) is 13.0 Å². The molecule has 3 aromatic rings. The van der Waals surface area contributed by atoms with Gasteiger partial charge in [0.2, 0.25) is 5.91 Å². The Hall–Kier alpha value is -4.01. The van der Waals surface area contributed by atoms with Gasteiger partial charge < -0.3 is 10.3 Å². The number of fused-ring (bicyclic) bond motifs is 2. The molecule has 0 fully saturated rings. The van der Waals surface area contributed by atoms with E-state index in [9.17, 15) is 24.5 Å². The average molecular weight is 392 g/mol. The zero-order valence-corrected chi connectivity index (χ0v) is 15.2. The van der Waals surface area contributed by atoms with Gasteiger partial charge in [-0.2, -0.15) is 0 Å². The lowest BCUT2D eigenvalue weighted by Gasteiger charge is -2.13. The van der Waals surface area contributed by atoms with Gasteiger partial charge in [-0.05, 0) is 24.1 Å². The number of carbonyl (C=O) groups is 3. The summed E-state index contributed by atoms with van der Waals surface area (Å²) in [6, 6.07) is 11.3. The molecule has 2 N–H and O–H groups in total. The maximum atomic E-state index is 12.4. The van der Waals surface area contributed by atoms with Crippen molar-refractivity contribution in [3.63, 3.8) is 0 Å². The molecule has 3 amide bonds. The molecule has 9 heteroatoms. The van der Waals surface area contributed by atoms with Gasteiger partial charge >= 0.3 is 0 Å². The highest BCUT2D eigenvalue weighted by Gasteiger charge is 2.37. The van der Waals surface area contributed by atoms with Crippen LogP contribution in [0.15, 0.2) is 48.7 Å². The summed E-state index contributed by atoms with van der Waals surface area (Å²) in [5.41, 5.74) is 1.78. The average Bonchev–Trinajstić information content (AvgIpc) is 3.23. The van der Waals surface area contributed by atoms with Crippen LogP contribution in [0.25, 0.3) is 10.9 Å². The van der Waals surface area contributed by atoms with Crippen molar-refractivity contribution in [2.24, 2.45) is 0 Å². The number of benzene rings is 2. The minimum atomic E-state index is -0.708. The zero-order chi connectivity index (χ0) is 20.5. The molecule has 0 radical (unpaired) electrons. The maximum Gasteiger partial charge on any atom is 0.270 e. The number of carbonyl (C=O) groups excluding carboxylic acids is 3. The molecule has 0 bridgehead atoms. The lowest BCUT2D eigenvalue weighted by Crippen LogP contribution is -2.40. The van der Waals surface area contributed by atoms with E-state index in [-0.39, 0.29) is 16.8 Å². The SMILES string of the molecule is O=C(CN1C(=O)c2ccc([N+](=O)[O-])cc2C1=O)NCCc1c[nH]c2ccccc12. The van der Waals surface area contributed by atoms with Gasteiger partial charge in [0.1, 0.15) is 6.54 Å². The van der Waals surface area contributed by atoms with Gasteiger partial charge in [0.05, 0.1) is 16.1 Å². The Morgan fingerprint density at radius 2 is 1.86 bits per heavy atom. The van der Waals surface area contributed by atoms with E-state index >= 15 is 0 Å². The summed E-state index contributed by atoms with van der Waals surface area (Å²) >= 11 is 0. The number of aromatic nitrogens is 1. The van der Waals surface area contributed by atoms with Gasteiger partial charge in [0.25, 0.3) is 17.5 Å². The monoisotopic (exact) mass is 392 g/mol. The second kappa shape index (κ2) is 7.19. The number of hydrogen-bond acceptors (Lipinski definition) is 5. The van der Waals surface area contributed by atoms with Crippen molar-refractivity contribution in [1.82, 2.24) is 15.2 Å². The normalized spacial score (nSPS) is 13.0. The molecule has 0 aliphatic carbocycles. The molecule has 2 aromatic carbocycles. The number of H-pyrrole nitrogens is 1. The molecule has 9 nitrogen and oxygen atoms in total. The third-order valence-electron chi connectivity index (χ3n) is 4.86. The molecule has 0 spiro atoms. The van der Waals surface area contributed by atoms with Crippen molar-refractivity contribution in [2.45, 2.75) is 6.42 Å². The van der Waals surface area contributed by atoms with Crippen LogP contribution in [0.2, 0.25) is 0 Å². The summed E-state index contributed by atoms with van der Waals surface area (Å²) in [6.45, 7) is -0.0939. The number of imide groups is 1. The van der Waals surface area contributed by atoms with Gasteiger partial charge in [-0.15, -0.1) is 0 Å². The van der Waals surface area contributed by atoms with Crippen LogP contribution in [0.1, 0.15) is 26.3 Å². The zero-order valence-electron chi connectivity index (χ0n) is 15.2. The molecular weight excluding hydrogens is 376 g/mol. The third-order valence-corrected chi connectivity index (χ3v) is 4.86. The summed E-state index contributed by atoms with van der Waals surface area (Å²) in [5.74, 6) is -1.82. The van der Waals surface area contributed by atoms with Crippen molar-refractivity contribution < 1.29 is 19.3 Å². The fraction of sp³-hybridized carbons (Fsp3) is 0.150. The van der Waals surface area contributed by atoms with Gasteiger partial charge in [-0.3, -0.25) is 29.4 Å². The van der Waals surface area contributed by atoms with Crippen molar-refractivity contribution in [3.05, 3.63) is 75.5 Å². The molecular formula is C20H16N4O5. The molecule has 0 atom stereocenters. The summed E-state index contributed by atoms with van der Waals surface area (Å²) < 4.78 is 0. The molecule has 29 heavy (non-hydrogen) atoms. The molecule has 2 heterocycles. The fourth-order valence-electron chi connectivity index (χ4n) is 3.41. The number of para-hydroxylation sites is 1. The third kappa shape index (κ3) is 3.33. The van der Waals surface area contributed by atoms with Crippen LogP contribution in [0.3, 0.4) is 0 Å². The number of nitro groups is 1. The van der Waals surface area contributed by atoms with Gasteiger partial charge in [0, 0.05) is 35.8 Å². The molecule has 0 saturated heterocycles. The quantitative estimate of drug-likeness (QED) is 0.377. The number of aromatic amines is 1. The van der Waals surface area contributed by atoms with E-state index in [1.165, 1.54) is 6.07 Å². The Bertz CT molecular complexity index is 1170. The second-order valence-corrected chi connectivity index (χ2v) is 6.64. The summed E-state index contributed by atoms with van der Waals surface area (Å²) in [7, 11) is 0. The lowest BCUT2D eigenvalue weighted by atomic mass is 10.1. The predicted molar refractivity (Wildman–Crippen MR) is 103 cm³/mol. The van der Waals surface area contributed by atoms with Crippen LogP contribution < -0.4 is 5.32 Å². The van der Waals surface area contributed by atoms with Crippen LogP contribution in [-0.2, 0) is 11.2 Å². The molecule has 0 saturated carbocycles. The summed E-state index contributed by atoms with van der Waals surface area (Å²) in [5, 5.41) is 14.7. The second-order valence-electron chi connectivity index (χ2n) is 6.64. The van der Waals surface area contributed by atoms with Crippen LogP contribution in [0, 0.1) is 10.1 Å². The maximum absolute atomic E-state index is 12.4. The Labute approximate surface area is 164 Å². The van der Waals surface area contributed by atoms with Crippen molar-refractivity contribution in [2.75, 3.05) is 13.1 Å². The molecule has 1 aliphatic rings. The number of nitro benzene ring substituents is 1.